The molecule has 0 aromatic heterocycles. The number of nitrogens with two attached hydrogens (primary N) is 1. The number of carbonyl (C=O) groups is 2. The molecule has 0 bridgehead atoms. The fourth-order valence-electron chi connectivity index (χ4n) is 1.98. The lowest BCUT2D eigenvalue weighted by Crippen LogP contribution is -2.28. The molecule has 21 heavy (non-hydrogen) atoms. The van der Waals surface area contributed by atoms with Gasteiger partial charge in [0.2, 0.25) is 5.91 Å². The number of carboxylic acids is 1. The number of hydrogen-bond acceptors (Lipinski definition) is 3. The normalized spacial score (nSPS) is 11.7. The second kappa shape index (κ2) is 6.67. The largest absolute Gasteiger partial charge is 0.481 e. The third-order valence-corrected chi connectivity index (χ3v) is 3.06. The van der Waals surface area contributed by atoms with Gasteiger partial charge in [-0.1, -0.05) is 48.5 Å². The summed E-state index contributed by atoms with van der Waals surface area (Å²) in [5.74, 6) is -1.33. The van der Waals surface area contributed by atoms with Crippen LogP contribution in [0.3, 0.4) is 0 Å². The molecule has 2 rings (SSSR count). The first-order valence-corrected chi connectivity index (χ1v) is 6.49. The van der Waals surface area contributed by atoms with Crippen LogP contribution < -0.4 is 11.1 Å². The highest BCUT2D eigenvalue weighted by molar-refractivity contribution is 5.96. The number of amides is 1. The Balaban J connectivity index is 2.14. The Morgan fingerprint density at radius 2 is 1.67 bits per heavy atom. The van der Waals surface area contributed by atoms with Crippen LogP contribution in [0, 0.1) is 0 Å². The first-order valence-electron chi connectivity index (χ1n) is 6.49. The second-order valence-corrected chi connectivity index (χ2v) is 4.61. The summed E-state index contributed by atoms with van der Waals surface area (Å²) < 4.78 is 0. The van der Waals surface area contributed by atoms with Crippen molar-refractivity contribution < 1.29 is 14.7 Å². The Labute approximate surface area is 122 Å². The zero-order chi connectivity index (χ0) is 15.2. The summed E-state index contributed by atoms with van der Waals surface area (Å²) in [6.45, 7) is 0. The highest BCUT2D eigenvalue weighted by Gasteiger charge is 2.17. The number of para-hydroxylation sites is 1. The highest BCUT2D eigenvalue weighted by atomic mass is 16.4. The van der Waals surface area contributed by atoms with E-state index >= 15 is 0 Å². The van der Waals surface area contributed by atoms with Gasteiger partial charge in [0.1, 0.15) is 6.04 Å². The summed E-state index contributed by atoms with van der Waals surface area (Å²) in [4.78, 5) is 23.0. The van der Waals surface area contributed by atoms with E-state index in [-0.39, 0.29) is 12.3 Å². The SMILES string of the molecule is N[C@H](C(=O)Nc1ccccc1CC(=O)O)c1ccccc1. The van der Waals surface area contributed by atoms with E-state index in [4.69, 9.17) is 10.8 Å². The van der Waals surface area contributed by atoms with Crippen molar-refractivity contribution in [3.8, 4) is 0 Å². The summed E-state index contributed by atoms with van der Waals surface area (Å²) in [6.07, 6.45) is -0.156. The Hall–Kier alpha value is -2.66. The van der Waals surface area contributed by atoms with E-state index < -0.39 is 12.0 Å². The molecule has 0 heterocycles. The van der Waals surface area contributed by atoms with Crippen molar-refractivity contribution in [3.63, 3.8) is 0 Å². The Kier molecular flexibility index (Phi) is 4.68. The lowest BCUT2D eigenvalue weighted by atomic mass is 10.1. The summed E-state index contributed by atoms with van der Waals surface area (Å²) in [5, 5.41) is 11.6. The maximum Gasteiger partial charge on any atom is 0.307 e. The summed E-state index contributed by atoms with van der Waals surface area (Å²) in [7, 11) is 0. The fraction of sp³-hybridized carbons (Fsp3) is 0.125. The van der Waals surface area contributed by atoms with Crippen molar-refractivity contribution in [2.75, 3.05) is 5.32 Å². The minimum Gasteiger partial charge on any atom is -0.481 e. The molecule has 0 unspecified atom stereocenters. The van der Waals surface area contributed by atoms with Crippen molar-refractivity contribution in [2.45, 2.75) is 12.5 Å². The van der Waals surface area contributed by atoms with E-state index in [1.165, 1.54) is 0 Å². The van der Waals surface area contributed by atoms with Crippen LogP contribution in [-0.4, -0.2) is 17.0 Å². The van der Waals surface area contributed by atoms with Crippen LogP contribution >= 0.6 is 0 Å². The number of aliphatic carboxylic acids is 1. The van der Waals surface area contributed by atoms with E-state index in [9.17, 15) is 9.59 Å². The fourth-order valence-corrected chi connectivity index (χ4v) is 1.98. The van der Waals surface area contributed by atoms with E-state index in [2.05, 4.69) is 5.32 Å². The first-order chi connectivity index (χ1) is 10.1. The molecule has 0 aliphatic heterocycles. The van der Waals surface area contributed by atoms with Crippen LogP contribution in [0.1, 0.15) is 17.2 Å². The third kappa shape index (κ3) is 3.90. The van der Waals surface area contributed by atoms with Gasteiger partial charge in [0.25, 0.3) is 0 Å². The van der Waals surface area contributed by atoms with Gasteiger partial charge in [-0.25, -0.2) is 0 Å². The molecule has 0 aliphatic carbocycles. The zero-order valence-corrected chi connectivity index (χ0v) is 11.3. The average Bonchev–Trinajstić information content (AvgIpc) is 2.49. The first kappa shape index (κ1) is 14.7. The number of carbonyl (C=O) groups excluding carboxylic acids is 1. The van der Waals surface area contributed by atoms with E-state index in [0.29, 0.717) is 16.8 Å². The van der Waals surface area contributed by atoms with Crippen LogP contribution in [0.4, 0.5) is 5.69 Å². The van der Waals surface area contributed by atoms with Crippen LogP contribution in [0.5, 0.6) is 0 Å². The maximum atomic E-state index is 12.2. The summed E-state index contributed by atoms with van der Waals surface area (Å²) in [5.41, 5.74) is 7.62. The standard InChI is InChI=1S/C16H16N2O3/c17-15(11-6-2-1-3-7-11)16(21)18-13-9-5-4-8-12(13)10-14(19)20/h1-9,15H,10,17H2,(H,18,21)(H,19,20)/t15-/m0/s1. The summed E-state index contributed by atoms with van der Waals surface area (Å²) >= 11 is 0. The molecule has 0 saturated carbocycles. The molecule has 5 nitrogen and oxygen atoms in total. The molecule has 1 atom stereocenters. The maximum absolute atomic E-state index is 12.2. The Morgan fingerprint density at radius 3 is 2.33 bits per heavy atom. The number of nitrogens with one attached hydrogen (secondary N) is 1. The van der Waals surface area contributed by atoms with Crippen LogP contribution in [0.2, 0.25) is 0 Å². The molecule has 5 heteroatoms. The molecule has 0 fully saturated rings. The lowest BCUT2D eigenvalue weighted by molar-refractivity contribution is -0.136. The molecule has 108 valence electrons. The van der Waals surface area contributed by atoms with Gasteiger partial charge >= 0.3 is 5.97 Å². The van der Waals surface area contributed by atoms with Gasteiger partial charge in [-0.05, 0) is 17.2 Å². The molecule has 0 spiro atoms. The van der Waals surface area contributed by atoms with E-state index in [1.807, 2.05) is 6.07 Å². The quantitative estimate of drug-likeness (QED) is 0.782. The molecule has 2 aromatic rings. The van der Waals surface area contributed by atoms with Gasteiger partial charge in [0.15, 0.2) is 0 Å². The minimum absolute atomic E-state index is 0.156. The molecule has 2 aromatic carbocycles. The summed E-state index contributed by atoms with van der Waals surface area (Å²) in [6, 6.07) is 15.0. The van der Waals surface area contributed by atoms with Crippen molar-refractivity contribution in [1.29, 1.82) is 0 Å². The van der Waals surface area contributed by atoms with Crippen LogP contribution in [0.25, 0.3) is 0 Å². The van der Waals surface area contributed by atoms with E-state index in [1.54, 1.807) is 48.5 Å². The number of rotatable bonds is 5. The smallest absolute Gasteiger partial charge is 0.307 e. The second-order valence-electron chi connectivity index (χ2n) is 4.61. The van der Waals surface area contributed by atoms with Gasteiger partial charge in [0.05, 0.1) is 6.42 Å². The molecule has 0 aliphatic rings. The molecule has 1 amide bonds. The molecule has 0 saturated heterocycles. The highest BCUT2D eigenvalue weighted by Crippen LogP contribution is 2.18. The predicted molar refractivity (Wildman–Crippen MR) is 79.8 cm³/mol. The van der Waals surface area contributed by atoms with Crippen LogP contribution in [-0.2, 0) is 16.0 Å². The number of anilines is 1. The molecular formula is C16H16N2O3. The van der Waals surface area contributed by atoms with Gasteiger partial charge in [-0.15, -0.1) is 0 Å². The van der Waals surface area contributed by atoms with Crippen molar-refractivity contribution in [3.05, 3.63) is 65.7 Å². The minimum atomic E-state index is -0.955. The average molecular weight is 284 g/mol. The third-order valence-electron chi connectivity index (χ3n) is 3.06. The van der Waals surface area contributed by atoms with Gasteiger partial charge in [-0.2, -0.15) is 0 Å². The van der Waals surface area contributed by atoms with Crippen LogP contribution in [0.15, 0.2) is 54.6 Å². The van der Waals surface area contributed by atoms with Crippen molar-refractivity contribution in [1.82, 2.24) is 0 Å². The Morgan fingerprint density at radius 1 is 1.05 bits per heavy atom. The van der Waals surface area contributed by atoms with Crippen molar-refractivity contribution >= 4 is 17.6 Å². The lowest BCUT2D eigenvalue weighted by Gasteiger charge is -2.14. The molecular weight excluding hydrogens is 268 g/mol. The monoisotopic (exact) mass is 284 g/mol. The number of carboxylic acid groups (broad SMARTS) is 1. The van der Waals surface area contributed by atoms with E-state index in [0.717, 1.165) is 0 Å². The molecule has 0 radical (unpaired) electrons. The van der Waals surface area contributed by atoms with Gasteiger partial charge in [-0.3, -0.25) is 9.59 Å². The topological polar surface area (TPSA) is 92.4 Å². The van der Waals surface area contributed by atoms with Crippen molar-refractivity contribution in [2.24, 2.45) is 5.73 Å². The Bertz CT molecular complexity index is 641. The van der Waals surface area contributed by atoms with Gasteiger partial charge < -0.3 is 16.2 Å². The number of hydrogen-bond donors (Lipinski definition) is 3. The number of benzene rings is 2. The predicted octanol–water partition coefficient (Wildman–Crippen LogP) is 1.95. The van der Waals surface area contributed by atoms with Gasteiger partial charge in [0, 0.05) is 5.69 Å². The molecule has 4 N–H and O–H groups in total. The zero-order valence-electron chi connectivity index (χ0n) is 11.3.